The number of hydrogen-bond donors (Lipinski definition) is 2. The van der Waals surface area contributed by atoms with Gasteiger partial charge in [0.1, 0.15) is 18.1 Å². The number of amides is 1. The number of hydrogen-bond acceptors (Lipinski definition) is 5. The molecule has 0 saturated carbocycles. The van der Waals surface area contributed by atoms with Gasteiger partial charge in [-0.15, -0.1) is 0 Å². The van der Waals surface area contributed by atoms with E-state index in [1.165, 1.54) is 0 Å². The fourth-order valence-corrected chi connectivity index (χ4v) is 2.74. The van der Waals surface area contributed by atoms with Crippen molar-refractivity contribution in [3.05, 3.63) is 52.5 Å². The molecule has 0 unspecified atom stereocenters. The monoisotopic (exact) mass is 452 g/mol. The summed E-state index contributed by atoms with van der Waals surface area (Å²) in [4.78, 5) is 12.5. The van der Waals surface area contributed by atoms with Crippen LogP contribution < -0.4 is 20.1 Å². The van der Waals surface area contributed by atoms with Crippen molar-refractivity contribution in [2.24, 2.45) is 0 Å². The van der Waals surface area contributed by atoms with Crippen LogP contribution in [0.5, 0.6) is 11.5 Å². The van der Waals surface area contributed by atoms with Gasteiger partial charge >= 0.3 is 0 Å². The summed E-state index contributed by atoms with van der Waals surface area (Å²) in [5, 5.41) is 5.82. The number of ether oxygens (including phenoxy) is 3. The van der Waals surface area contributed by atoms with E-state index >= 15 is 0 Å². The Morgan fingerprint density at radius 2 is 1.85 bits per heavy atom. The first-order chi connectivity index (χ1) is 13.0. The van der Waals surface area contributed by atoms with E-state index in [9.17, 15) is 4.79 Å². The average Bonchev–Trinajstić information content (AvgIpc) is 2.65. The molecular weight excluding hydrogens is 432 g/mol. The average molecular weight is 453 g/mol. The van der Waals surface area contributed by atoms with E-state index in [0.29, 0.717) is 31.1 Å². The van der Waals surface area contributed by atoms with Crippen LogP contribution in [-0.2, 0) is 4.74 Å². The SMILES string of the molecule is CCOc1ccc(Br)cc1C(=O)NC(=S)Nc1ccc(OCCOC)cc1. The lowest BCUT2D eigenvalue weighted by molar-refractivity contribution is 0.0974. The number of rotatable bonds is 8. The fraction of sp³-hybridized carbons (Fsp3) is 0.263. The molecule has 0 fully saturated rings. The third kappa shape index (κ3) is 6.82. The molecule has 2 aromatic rings. The van der Waals surface area contributed by atoms with Crippen LogP contribution >= 0.6 is 28.1 Å². The zero-order chi connectivity index (χ0) is 19.6. The molecule has 2 rings (SSSR count). The third-order valence-corrected chi connectivity index (χ3v) is 4.08. The Balaban J connectivity index is 1.95. The van der Waals surface area contributed by atoms with Gasteiger partial charge in [-0.1, -0.05) is 15.9 Å². The fourth-order valence-electron chi connectivity index (χ4n) is 2.17. The number of thiocarbonyl (C=S) groups is 1. The van der Waals surface area contributed by atoms with Crippen LogP contribution in [0.25, 0.3) is 0 Å². The van der Waals surface area contributed by atoms with Crippen molar-refractivity contribution in [2.75, 3.05) is 32.2 Å². The second kappa shape index (κ2) is 10.9. The molecule has 144 valence electrons. The lowest BCUT2D eigenvalue weighted by Gasteiger charge is -2.13. The van der Waals surface area contributed by atoms with E-state index in [1.54, 1.807) is 19.2 Å². The van der Waals surface area contributed by atoms with E-state index in [2.05, 4.69) is 26.6 Å². The molecule has 0 aliphatic carbocycles. The molecule has 0 bridgehead atoms. The molecule has 0 spiro atoms. The van der Waals surface area contributed by atoms with Gasteiger partial charge < -0.3 is 19.5 Å². The van der Waals surface area contributed by atoms with Crippen LogP contribution in [0.4, 0.5) is 5.69 Å². The summed E-state index contributed by atoms with van der Waals surface area (Å²) < 4.78 is 16.7. The van der Waals surface area contributed by atoms with Crippen LogP contribution in [0.15, 0.2) is 46.9 Å². The van der Waals surface area contributed by atoms with E-state index in [4.69, 9.17) is 26.4 Å². The lowest BCUT2D eigenvalue weighted by atomic mass is 10.2. The van der Waals surface area contributed by atoms with Gasteiger partial charge in [-0.3, -0.25) is 10.1 Å². The summed E-state index contributed by atoms with van der Waals surface area (Å²) in [5.41, 5.74) is 1.14. The maximum atomic E-state index is 12.5. The standard InChI is InChI=1S/C19H21BrN2O4S/c1-3-25-17-9-4-13(20)12-16(17)18(23)22-19(27)21-14-5-7-15(8-6-14)26-11-10-24-2/h4-9,12H,3,10-11H2,1-2H3,(H2,21,22,23,27). The second-order valence-corrected chi connectivity index (χ2v) is 6.67. The number of methoxy groups -OCH3 is 1. The Hall–Kier alpha value is -2.16. The van der Waals surface area contributed by atoms with Crippen molar-refractivity contribution in [1.82, 2.24) is 5.32 Å². The zero-order valence-corrected chi connectivity index (χ0v) is 17.5. The molecule has 0 saturated heterocycles. The summed E-state index contributed by atoms with van der Waals surface area (Å²) >= 11 is 8.59. The first-order valence-electron chi connectivity index (χ1n) is 8.30. The van der Waals surface area contributed by atoms with Crippen molar-refractivity contribution in [2.45, 2.75) is 6.92 Å². The number of carbonyl (C=O) groups excluding carboxylic acids is 1. The predicted octanol–water partition coefficient (Wildman–Crippen LogP) is 4.00. The predicted molar refractivity (Wildman–Crippen MR) is 113 cm³/mol. The Labute approximate surface area is 172 Å². The quantitative estimate of drug-likeness (QED) is 0.465. The highest BCUT2D eigenvalue weighted by Crippen LogP contribution is 2.23. The first-order valence-corrected chi connectivity index (χ1v) is 9.50. The molecule has 6 nitrogen and oxygen atoms in total. The topological polar surface area (TPSA) is 68.8 Å². The van der Waals surface area contributed by atoms with Crippen LogP contribution in [0, 0.1) is 0 Å². The molecule has 27 heavy (non-hydrogen) atoms. The van der Waals surface area contributed by atoms with Crippen LogP contribution in [-0.4, -0.2) is 38.0 Å². The highest BCUT2D eigenvalue weighted by atomic mass is 79.9. The summed E-state index contributed by atoms with van der Waals surface area (Å²) in [5.74, 6) is 0.873. The molecule has 8 heteroatoms. The number of anilines is 1. The summed E-state index contributed by atoms with van der Waals surface area (Å²) in [7, 11) is 1.62. The lowest BCUT2D eigenvalue weighted by Crippen LogP contribution is -2.34. The molecule has 0 aromatic heterocycles. The summed E-state index contributed by atoms with van der Waals surface area (Å²) in [6.07, 6.45) is 0. The largest absolute Gasteiger partial charge is 0.493 e. The summed E-state index contributed by atoms with van der Waals surface area (Å²) in [6, 6.07) is 12.5. The van der Waals surface area contributed by atoms with E-state index in [1.807, 2.05) is 37.3 Å². The van der Waals surface area contributed by atoms with Crippen molar-refractivity contribution in [3.8, 4) is 11.5 Å². The Bertz CT molecular complexity index is 784. The number of halogens is 1. The van der Waals surface area contributed by atoms with E-state index in [0.717, 1.165) is 15.9 Å². The number of benzene rings is 2. The zero-order valence-electron chi connectivity index (χ0n) is 15.1. The third-order valence-electron chi connectivity index (χ3n) is 3.38. The molecule has 0 aliphatic rings. The van der Waals surface area contributed by atoms with Gasteiger partial charge in [-0.2, -0.15) is 0 Å². The number of carbonyl (C=O) groups is 1. The molecule has 2 aromatic carbocycles. The highest BCUT2D eigenvalue weighted by molar-refractivity contribution is 9.10. The molecule has 0 heterocycles. The molecule has 0 aliphatic heterocycles. The second-order valence-electron chi connectivity index (χ2n) is 5.35. The highest BCUT2D eigenvalue weighted by Gasteiger charge is 2.14. The smallest absolute Gasteiger partial charge is 0.261 e. The van der Waals surface area contributed by atoms with E-state index < -0.39 is 0 Å². The molecule has 0 atom stereocenters. The van der Waals surface area contributed by atoms with Crippen LogP contribution in [0.1, 0.15) is 17.3 Å². The van der Waals surface area contributed by atoms with Gasteiger partial charge in [0, 0.05) is 17.3 Å². The molecule has 2 N–H and O–H groups in total. The maximum Gasteiger partial charge on any atom is 0.261 e. The van der Waals surface area contributed by atoms with Gasteiger partial charge in [0.15, 0.2) is 5.11 Å². The molecule has 1 amide bonds. The van der Waals surface area contributed by atoms with Crippen LogP contribution in [0.3, 0.4) is 0 Å². The number of nitrogens with one attached hydrogen (secondary N) is 2. The Morgan fingerprint density at radius 3 is 2.52 bits per heavy atom. The Morgan fingerprint density at radius 1 is 1.11 bits per heavy atom. The summed E-state index contributed by atoms with van der Waals surface area (Å²) in [6.45, 7) is 3.32. The normalized spacial score (nSPS) is 10.2. The van der Waals surface area contributed by atoms with Crippen LogP contribution in [0.2, 0.25) is 0 Å². The minimum Gasteiger partial charge on any atom is -0.493 e. The van der Waals surface area contributed by atoms with Crippen molar-refractivity contribution in [3.63, 3.8) is 0 Å². The van der Waals surface area contributed by atoms with E-state index in [-0.39, 0.29) is 11.0 Å². The maximum absolute atomic E-state index is 12.5. The minimum absolute atomic E-state index is 0.190. The molecule has 0 radical (unpaired) electrons. The van der Waals surface area contributed by atoms with Crippen molar-refractivity contribution in [1.29, 1.82) is 0 Å². The van der Waals surface area contributed by atoms with Crippen molar-refractivity contribution < 1.29 is 19.0 Å². The first kappa shape index (κ1) is 21.1. The van der Waals surface area contributed by atoms with Gasteiger partial charge in [0.2, 0.25) is 0 Å². The van der Waals surface area contributed by atoms with Gasteiger partial charge in [-0.25, -0.2) is 0 Å². The van der Waals surface area contributed by atoms with Gasteiger partial charge in [0.05, 0.1) is 18.8 Å². The molecular formula is C19H21BrN2O4S. The van der Waals surface area contributed by atoms with Gasteiger partial charge in [0.25, 0.3) is 5.91 Å². The van der Waals surface area contributed by atoms with Crippen molar-refractivity contribution >= 4 is 44.9 Å². The minimum atomic E-state index is -0.350. The Kier molecular flexibility index (Phi) is 8.50. The van der Waals surface area contributed by atoms with Gasteiger partial charge in [-0.05, 0) is 61.6 Å².